The molecule has 4 heterocycles. The first-order valence-electron chi connectivity index (χ1n) is 10.9. The Hall–Kier alpha value is -4.51. The number of hydrogen-bond donors (Lipinski definition) is 1. The highest BCUT2D eigenvalue weighted by Crippen LogP contribution is 2.45. The number of nitrogens with zero attached hydrogens (tertiary/aromatic N) is 2. The SMILES string of the molecule is C1=C(N(c2ccccc2)c2cncc3c2oc2ccccc23)c2oc3ccccc3c2NC1. The molecule has 6 aromatic rings. The van der Waals surface area contributed by atoms with Crippen molar-refractivity contribution < 1.29 is 8.83 Å². The van der Waals surface area contributed by atoms with Crippen LogP contribution in [0.1, 0.15) is 5.76 Å². The Balaban J connectivity index is 1.52. The number of pyridine rings is 1. The topological polar surface area (TPSA) is 54.4 Å². The largest absolute Gasteiger partial charge is 0.454 e. The number of anilines is 3. The fourth-order valence-electron chi connectivity index (χ4n) is 4.71. The van der Waals surface area contributed by atoms with Crippen molar-refractivity contribution in [2.24, 2.45) is 0 Å². The maximum atomic E-state index is 6.37. The van der Waals surface area contributed by atoms with Gasteiger partial charge in [-0.25, -0.2) is 0 Å². The van der Waals surface area contributed by atoms with Crippen molar-refractivity contribution >= 4 is 55.7 Å². The first-order valence-corrected chi connectivity index (χ1v) is 10.9. The van der Waals surface area contributed by atoms with Crippen LogP contribution in [0.4, 0.5) is 17.1 Å². The highest BCUT2D eigenvalue weighted by atomic mass is 16.3. The molecule has 3 aromatic carbocycles. The summed E-state index contributed by atoms with van der Waals surface area (Å²) < 4.78 is 12.7. The van der Waals surface area contributed by atoms with Gasteiger partial charge in [0.2, 0.25) is 0 Å². The summed E-state index contributed by atoms with van der Waals surface area (Å²) in [5, 5.41) is 6.61. The van der Waals surface area contributed by atoms with Gasteiger partial charge in [0.15, 0.2) is 11.3 Å². The predicted molar refractivity (Wildman–Crippen MR) is 133 cm³/mol. The second-order valence-electron chi connectivity index (χ2n) is 8.08. The molecule has 0 amide bonds. The number of rotatable bonds is 3. The van der Waals surface area contributed by atoms with Crippen molar-refractivity contribution in [2.45, 2.75) is 0 Å². The van der Waals surface area contributed by atoms with Crippen molar-refractivity contribution in [2.75, 3.05) is 16.8 Å². The summed E-state index contributed by atoms with van der Waals surface area (Å²) in [6.07, 6.45) is 5.89. The van der Waals surface area contributed by atoms with Crippen LogP contribution in [0.15, 0.2) is 106 Å². The van der Waals surface area contributed by atoms with Crippen molar-refractivity contribution in [3.8, 4) is 0 Å². The van der Waals surface area contributed by atoms with Crippen LogP contribution in [-0.2, 0) is 0 Å². The van der Waals surface area contributed by atoms with Crippen molar-refractivity contribution in [1.82, 2.24) is 4.98 Å². The lowest BCUT2D eigenvalue weighted by molar-refractivity contribution is 0.597. The van der Waals surface area contributed by atoms with E-state index in [0.717, 1.165) is 61.4 Å². The van der Waals surface area contributed by atoms with Crippen molar-refractivity contribution in [3.05, 3.63) is 103 Å². The van der Waals surface area contributed by atoms with Gasteiger partial charge in [0.25, 0.3) is 0 Å². The number of nitrogens with one attached hydrogen (secondary N) is 1. The predicted octanol–water partition coefficient (Wildman–Crippen LogP) is 7.33. The number of furan rings is 2. The quantitative estimate of drug-likeness (QED) is 0.319. The minimum absolute atomic E-state index is 0.693. The summed E-state index contributed by atoms with van der Waals surface area (Å²) in [7, 11) is 0. The molecule has 0 aliphatic carbocycles. The number of aromatic nitrogens is 1. The third-order valence-corrected chi connectivity index (χ3v) is 6.17. The summed E-state index contributed by atoms with van der Waals surface area (Å²) in [6, 6.07) is 26.5. The van der Waals surface area contributed by atoms with Crippen LogP contribution < -0.4 is 10.2 Å². The van der Waals surface area contributed by atoms with E-state index in [1.807, 2.05) is 67.0 Å². The maximum Gasteiger partial charge on any atom is 0.175 e. The van der Waals surface area contributed by atoms with Gasteiger partial charge < -0.3 is 19.1 Å². The molecule has 0 unspecified atom stereocenters. The fourth-order valence-corrected chi connectivity index (χ4v) is 4.71. The summed E-state index contributed by atoms with van der Waals surface area (Å²) in [5.41, 5.74) is 6.34. The Morgan fingerprint density at radius 2 is 1.45 bits per heavy atom. The van der Waals surface area contributed by atoms with Crippen LogP contribution in [0.25, 0.3) is 38.6 Å². The van der Waals surface area contributed by atoms with Gasteiger partial charge >= 0.3 is 0 Å². The van der Waals surface area contributed by atoms with E-state index in [0.29, 0.717) is 6.54 Å². The molecule has 1 aliphatic heterocycles. The monoisotopic (exact) mass is 429 g/mol. The van der Waals surface area contributed by atoms with Crippen LogP contribution in [0, 0.1) is 0 Å². The number of fused-ring (bicyclic) bond motifs is 6. The Labute approximate surface area is 189 Å². The van der Waals surface area contributed by atoms with Gasteiger partial charge in [-0.05, 0) is 36.4 Å². The van der Waals surface area contributed by atoms with E-state index in [9.17, 15) is 0 Å². The Bertz CT molecular complexity index is 1680. The average Bonchev–Trinajstić information content (AvgIpc) is 3.44. The molecule has 5 nitrogen and oxygen atoms in total. The molecule has 5 heteroatoms. The molecule has 0 saturated carbocycles. The second-order valence-corrected chi connectivity index (χ2v) is 8.08. The van der Waals surface area contributed by atoms with Gasteiger partial charge in [0.05, 0.1) is 17.6 Å². The first kappa shape index (κ1) is 18.1. The molecule has 33 heavy (non-hydrogen) atoms. The van der Waals surface area contributed by atoms with E-state index in [4.69, 9.17) is 8.83 Å². The molecule has 158 valence electrons. The van der Waals surface area contributed by atoms with Crippen LogP contribution >= 0.6 is 0 Å². The molecular weight excluding hydrogens is 410 g/mol. The van der Waals surface area contributed by atoms with Crippen LogP contribution in [0.2, 0.25) is 0 Å². The molecule has 0 fully saturated rings. The molecular formula is C28H19N3O2. The average molecular weight is 429 g/mol. The Morgan fingerprint density at radius 1 is 0.727 bits per heavy atom. The molecule has 0 atom stereocenters. The van der Waals surface area contributed by atoms with Gasteiger partial charge in [-0.1, -0.05) is 48.5 Å². The standard InChI is InChI=1S/C28H19N3O2/c1-2-8-18(9-3-1)31(22-14-15-30-26-20-11-5-7-13-25(20)33-28(22)26)23-17-29-16-21-19-10-4-6-12-24(19)32-27(21)23/h1-14,16-17,30H,15H2. The third-order valence-electron chi connectivity index (χ3n) is 6.17. The Morgan fingerprint density at radius 3 is 2.30 bits per heavy atom. The van der Waals surface area contributed by atoms with E-state index < -0.39 is 0 Å². The molecule has 0 saturated heterocycles. The van der Waals surface area contributed by atoms with E-state index >= 15 is 0 Å². The lowest BCUT2D eigenvalue weighted by Gasteiger charge is -2.29. The van der Waals surface area contributed by atoms with Crippen molar-refractivity contribution in [1.29, 1.82) is 0 Å². The second kappa shape index (κ2) is 7.00. The number of hydrogen-bond acceptors (Lipinski definition) is 5. The smallest absolute Gasteiger partial charge is 0.175 e. The summed E-state index contributed by atoms with van der Waals surface area (Å²) in [6.45, 7) is 0.693. The van der Waals surface area contributed by atoms with Gasteiger partial charge in [-0.15, -0.1) is 0 Å². The third kappa shape index (κ3) is 2.69. The molecule has 0 spiro atoms. The lowest BCUT2D eigenvalue weighted by Crippen LogP contribution is -2.20. The molecule has 3 aromatic heterocycles. The lowest BCUT2D eigenvalue weighted by atomic mass is 10.1. The zero-order chi connectivity index (χ0) is 21.8. The molecule has 1 N–H and O–H groups in total. The Kier molecular flexibility index (Phi) is 3.84. The highest BCUT2D eigenvalue weighted by molar-refractivity contribution is 6.11. The van der Waals surface area contributed by atoms with E-state index in [2.05, 4.69) is 45.5 Å². The van der Waals surface area contributed by atoms with Crippen LogP contribution in [0.5, 0.6) is 0 Å². The zero-order valence-corrected chi connectivity index (χ0v) is 17.7. The first-order chi connectivity index (χ1) is 16.4. The summed E-state index contributed by atoms with van der Waals surface area (Å²) in [4.78, 5) is 6.78. The molecule has 0 bridgehead atoms. The van der Waals surface area contributed by atoms with E-state index in [1.165, 1.54) is 0 Å². The number of benzene rings is 3. The minimum atomic E-state index is 0.693. The van der Waals surface area contributed by atoms with E-state index in [-0.39, 0.29) is 0 Å². The van der Waals surface area contributed by atoms with E-state index in [1.54, 1.807) is 0 Å². The van der Waals surface area contributed by atoms with Crippen molar-refractivity contribution in [3.63, 3.8) is 0 Å². The fraction of sp³-hybridized carbons (Fsp3) is 0.0357. The van der Waals surface area contributed by atoms with Gasteiger partial charge in [-0.3, -0.25) is 4.98 Å². The molecule has 7 rings (SSSR count). The van der Waals surface area contributed by atoms with Gasteiger partial charge in [-0.2, -0.15) is 0 Å². The maximum absolute atomic E-state index is 6.37. The van der Waals surface area contributed by atoms with Gasteiger partial charge in [0, 0.05) is 34.6 Å². The van der Waals surface area contributed by atoms with Gasteiger partial charge in [0.1, 0.15) is 16.9 Å². The van der Waals surface area contributed by atoms with Crippen LogP contribution in [-0.4, -0.2) is 11.5 Å². The molecule has 0 radical (unpaired) electrons. The summed E-state index contributed by atoms with van der Waals surface area (Å²) in [5.74, 6) is 0.805. The number of para-hydroxylation sites is 3. The zero-order valence-electron chi connectivity index (χ0n) is 17.7. The molecule has 1 aliphatic rings. The summed E-state index contributed by atoms with van der Waals surface area (Å²) >= 11 is 0. The normalized spacial score (nSPS) is 13.2. The van der Waals surface area contributed by atoms with Crippen LogP contribution in [0.3, 0.4) is 0 Å². The highest BCUT2D eigenvalue weighted by Gasteiger charge is 2.28. The minimum Gasteiger partial charge on any atom is -0.454 e.